The number of hydrogen-bond acceptors (Lipinski definition) is 3. The fraction of sp³-hybridized carbons (Fsp3) is 0.364. The average molecular weight is 323 g/mol. The summed E-state index contributed by atoms with van der Waals surface area (Å²) in [6.45, 7) is 2.31. The van der Waals surface area contributed by atoms with Crippen LogP contribution in [0, 0.1) is 5.92 Å². The molecule has 0 aromatic heterocycles. The van der Waals surface area contributed by atoms with Gasteiger partial charge in [0.05, 0.1) is 10.4 Å². The maximum absolute atomic E-state index is 10.6. The minimum atomic E-state index is -0.853. The standard InChI is InChI=1S/C11H13BrClNO3/c1-6(11(16)17)4-14-5-7-2-8(13)3-9(12)10(7)15/h2-3,6,14-15H,4-5H2,1H3,(H,16,17). The van der Waals surface area contributed by atoms with E-state index in [4.69, 9.17) is 16.7 Å². The molecule has 0 fully saturated rings. The number of hydrogen-bond donors (Lipinski definition) is 3. The van der Waals surface area contributed by atoms with E-state index in [0.717, 1.165) is 0 Å². The summed E-state index contributed by atoms with van der Waals surface area (Å²) in [4.78, 5) is 10.6. The van der Waals surface area contributed by atoms with Gasteiger partial charge < -0.3 is 15.5 Å². The summed E-state index contributed by atoms with van der Waals surface area (Å²) in [6.07, 6.45) is 0. The predicted molar refractivity (Wildman–Crippen MR) is 69.3 cm³/mol. The maximum Gasteiger partial charge on any atom is 0.307 e. The number of phenolic OH excluding ortho intramolecular Hbond substituents is 1. The topological polar surface area (TPSA) is 69.6 Å². The second kappa shape index (κ2) is 6.23. The summed E-state index contributed by atoms with van der Waals surface area (Å²) < 4.78 is 0.521. The maximum atomic E-state index is 10.6. The minimum Gasteiger partial charge on any atom is -0.506 e. The van der Waals surface area contributed by atoms with Crippen LogP contribution in [0.2, 0.25) is 5.02 Å². The number of carbonyl (C=O) groups is 1. The molecule has 17 heavy (non-hydrogen) atoms. The fourth-order valence-electron chi connectivity index (χ4n) is 1.26. The summed E-state index contributed by atoms with van der Waals surface area (Å²) in [6, 6.07) is 3.24. The number of benzene rings is 1. The van der Waals surface area contributed by atoms with Crippen molar-refractivity contribution < 1.29 is 15.0 Å². The van der Waals surface area contributed by atoms with Crippen LogP contribution in [0.1, 0.15) is 12.5 Å². The first-order valence-electron chi connectivity index (χ1n) is 5.02. The molecule has 0 amide bonds. The highest BCUT2D eigenvalue weighted by atomic mass is 79.9. The smallest absolute Gasteiger partial charge is 0.307 e. The molecule has 0 saturated carbocycles. The highest BCUT2D eigenvalue weighted by Gasteiger charge is 2.11. The summed E-state index contributed by atoms with van der Waals surface area (Å²) >= 11 is 9.04. The van der Waals surface area contributed by atoms with Crippen molar-refractivity contribution in [1.82, 2.24) is 5.32 Å². The zero-order valence-electron chi connectivity index (χ0n) is 9.20. The molecule has 0 saturated heterocycles. The van der Waals surface area contributed by atoms with E-state index in [2.05, 4.69) is 21.2 Å². The number of nitrogens with one attached hydrogen (secondary N) is 1. The molecular weight excluding hydrogens is 309 g/mol. The van der Waals surface area contributed by atoms with Crippen molar-refractivity contribution in [2.45, 2.75) is 13.5 Å². The van der Waals surface area contributed by atoms with Crippen molar-refractivity contribution in [3.8, 4) is 5.75 Å². The van der Waals surface area contributed by atoms with Gasteiger partial charge in [-0.05, 0) is 28.1 Å². The van der Waals surface area contributed by atoms with Crippen LogP contribution in [0.25, 0.3) is 0 Å². The van der Waals surface area contributed by atoms with E-state index in [-0.39, 0.29) is 5.75 Å². The van der Waals surface area contributed by atoms with Crippen molar-refractivity contribution in [2.24, 2.45) is 5.92 Å². The van der Waals surface area contributed by atoms with Gasteiger partial charge in [-0.25, -0.2) is 0 Å². The largest absolute Gasteiger partial charge is 0.506 e. The van der Waals surface area contributed by atoms with Crippen molar-refractivity contribution in [2.75, 3.05) is 6.54 Å². The van der Waals surface area contributed by atoms with Crippen LogP contribution in [0.4, 0.5) is 0 Å². The molecule has 94 valence electrons. The number of halogens is 2. The van der Waals surface area contributed by atoms with Gasteiger partial charge in [0.1, 0.15) is 5.75 Å². The molecule has 0 aliphatic heterocycles. The van der Waals surface area contributed by atoms with Crippen LogP contribution in [-0.2, 0) is 11.3 Å². The Hall–Kier alpha value is -0.780. The Kier molecular flexibility index (Phi) is 5.24. The van der Waals surface area contributed by atoms with Gasteiger partial charge in [0.25, 0.3) is 0 Å². The van der Waals surface area contributed by atoms with Crippen molar-refractivity contribution in [3.63, 3.8) is 0 Å². The molecule has 0 aliphatic rings. The van der Waals surface area contributed by atoms with E-state index >= 15 is 0 Å². The minimum absolute atomic E-state index is 0.116. The number of carboxylic acids is 1. The second-order valence-electron chi connectivity index (χ2n) is 3.77. The monoisotopic (exact) mass is 321 g/mol. The van der Waals surface area contributed by atoms with E-state index in [0.29, 0.717) is 28.1 Å². The van der Waals surface area contributed by atoms with Gasteiger partial charge >= 0.3 is 5.97 Å². The Morgan fingerprint density at radius 3 is 2.82 bits per heavy atom. The first kappa shape index (κ1) is 14.3. The molecule has 1 aromatic rings. The Balaban J connectivity index is 2.61. The molecule has 6 heteroatoms. The highest BCUT2D eigenvalue weighted by molar-refractivity contribution is 9.10. The van der Waals surface area contributed by atoms with E-state index in [9.17, 15) is 9.90 Å². The lowest BCUT2D eigenvalue weighted by Gasteiger charge is -2.10. The second-order valence-corrected chi connectivity index (χ2v) is 5.06. The molecule has 4 nitrogen and oxygen atoms in total. The first-order valence-corrected chi connectivity index (χ1v) is 6.19. The van der Waals surface area contributed by atoms with Gasteiger partial charge in [-0.3, -0.25) is 4.79 Å². The zero-order chi connectivity index (χ0) is 13.0. The van der Waals surface area contributed by atoms with Crippen LogP contribution >= 0.6 is 27.5 Å². The summed E-state index contributed by atoms with van der Waals surface area (Å²) in [5, 5.41) is 21.9. The van der Waals surface area contributed by atoms with E-state index in [1.165, 1.54) is 0 Å². The average Bonchev–Trinajstić information content (AvgIpc) is 2.24. The van der Waals surface area contributed by atoms with Gasteiger partial charge in [-0.1, -0.05) is 18.5 Å². The van der Waals surface area contributed by atoms with Crippen LogP contribution in [0.3, 0.4) is 0 Å². The molecule has 0 bridgehead atoms. The Labute approximate surface area is 113 Å². The summed E-state index contributed by atoms with van der Waals surface area (Å²) in [7, 11) is 0. The molecule has 0 radical (unpaired) electrons. The van der Waals surface area contributed by atoms with Crippen molar-refractivity contribution in [3.05, 3.63) is 27.2 Å². The van der Waals surface area contributed by atoms with Crippen LogP contribution in [0.15, 0.2) is 16.6 Å². The van der Waals surface area contributed by atoms with Gasteiger partial charge in [0.2, 0.25) is 0 Å². The van der Waals surface area contributed by atoms with E-state index in [1.54, 1.807) is 19.1 Å². The summed E-state index contributed by atoms with van der Waals surface area (Å²) in [5.41, 5.74) is 0.627. The molecule has 0 aliphatic carbocycles. The Morgan fingerprint density at radius 2 is 2.24 bits per heavy atom. The van der Waals surface area contributed by atoms with E-state index < -0.39 is 11.9 Å². The van der Waals surface area contributed by atoms with Crippen LogP contribution in [-0.4, -0.2) is 22.7 Å². The van der Waals surface area contributed by atoms with Crippen LogP contribution in [0.5, 0.6) is 5.75 Å². The van der Waals surface area contributed by atoms with Gasteiger partial charge in [-0.2, -0.15) is 0 Å². The normalized spacial score (nSPS) is 12.4. The fourth-order valence-corrected chi connectivity index (χ4v) is 2.14. The molecule has 1 unspecified atom stereocenters. The van der Waals surface area contributed by atoms with E-state index in [1.807, 2.05) is 0 Å². The number of aromatic hydroxyl groups is 1. The number of aliphatic carboxylic acids is 1. The lowest BCUT2D eigenvalue weighted by molar-refractivity contribution is -0.140. The Morgan fingerprint density at radius 1 is 1.59 bits per heavy atom. The number of carboxylic acid groups (broad SMARTS) is 1. The quantitative estimate of drug-likeness (QED) is 0.779. The number of rotatable bonds is 5. The van der Waals surface area contributed by atoms with Gasteiger partial charge in [0.15, 0.2) is 0 Å². The zero-order valence-corrected chi connectivity index (χ0v) is 11.5. The van der Waals surface area contributed by atoms with Gasteiger partial charge in [0, 0.05) is 23.7 Å². The summed E-state index contributed by atoms with van der Waals surface area (Å²) in [5.74, 6) is -1.21. The molecule has 1 rings (SSSR count). The first-order chi connectivity index (χ1) is 7.91. The lowest BCUT2D eigenvalue weighted by Crippen LogP contribution is -2.25. The van der Waals surface area contributed by atoms with Crippen molar-refractivity contribution in [1.29, 1.82) is 0 Å². The third-order valence-electron chi connectivity index (χ3n) is 2.29. The molecule has 0 spiro atoms. The SMILES string of the molecule is CC(CNCc1cc(Cl)cc(Br)c1O)C(=O)O. The molecule has 0 heterocycles. The molecule has 1 aromatic carbocycles. The third kappa shape index (κ3) is 4.18. The molecule has 1 atom stereocenters. The lowest BCUT2D eigenvalue weighted by atomic mass is 10.1. The highest BCUT2D eigenvalue weighted by Crippen LogP contribution is 2.31. The van der Waals surface area contributed by atoms with Gasteiger partial charge in [-0.15, -0.1) is 0 Å². The predicted octanol–water partition coefficient (Wildman–Crippen LogP) is 2.62. The van der Waals surface area contributed by atoms with Crippen LogP contribution < -0.4 is 5.32 Å². The van der Waals surface area contributed by atoms with Crippen molar-refractivity contribution >= 4 is 33.5 Å². The number of phenols is 1. The Bertz CT molecular complexity index is 425. The molecular formula is C11H13BrClNO3. The third-order valence-corrected chi connectivity index (χ3v) is 3.12. The molecule has 3 N–H and O–H groups in total.